The van der Waals surface area contributed by atoms with Gasteiger partial charge in [-0.3, -0.25) is 4.79 Å². The minimum atomic E-state index is -3.38. The number of nitrogens with zero attached hydrogens (tertiary/aromatic N) is 1. The van der Waals surface area contributed by atoms with Crippen molar-refractivity contribution < 1.29 is 13.2 Å². The lowest BCUT2D eigenvalue weighted by Crippen LogP contribution is -2.47. The Bertz CT molecular complexity index is 355. The average Bonchev–Trinajstić information content (AvgIpc) is 1.97. The Balaban J connectivity index is 4.54. The van der Waals surface area contributed by atoms with Crippen molar-refractivity contribution in [2.24, 2.45) is 0 Å². The van der Waals surface area contributed by atoms with E-state index in [1.165, 1.54) is 6.08 Å². The monoisotopic (exact) mass is 248 g/mol. The first-order valence-electron chi connectivity index (χ1n) is 4.93. The third kappa shape index (κ3) is 6.58. The lowest BCUT2D eigenvalue weighted by Gasteiger charge is -2.23. The predicted molar refractivity (Wildman–Crippen MR) is 64.5 cm³/mol. The standard InChI is InChI=1S/C10H20N2O3S/c1-6-7-12(16(5,14)15)8-9(13)11-10(2,3)4/h6H,1,7-8H2,2-5H3,(H,11,13). The Morgan fingerprint density at radius 1 is 1.44 bits per heavy atom. The van der Waals surface area contributed by atoms with E-state index >= 15 is 0 Å². The molecule has 0 fully saturated rings. The molecule has 0 unspecified atom stereocenters. The third-order valence-corrected chi connectivity index (χ3v) is 2.85. The maximum atomic E-state index is 11.5. The van der Waals surface area contributed by atoms with Gasteiger partial charge in [0.15, 0.2) is 0 Å². The molecule has 0 heterocycles. The Morgan fingerprint density at radius 2 is 1.94 bits per heavy atom. The fourth-order valence-electron chi connectivity index (χ4n) is 1.08. The SMILES string of the molecule is C=CCN(CC(=O)NC(C)(C)C)S(C)(=O)=O. The molecule has 6 heteroatoms. The molecule has 1 amide bonds. The smallest absolute Gasteiger partial charge is 0.235 e. The topological polar surface area (TPSA) is 66.5 Å². The zero-order valence-electron chi connectivity index (χ0n) is 10.3. The minimum Gasteiger partial charge on any atom is -0.350 e. The Morgan fingerprint density at radius 3 is 2.25 bits per heavy atom. The summed E-state index contributed by atoms with van der Waals surface area (Å²) in [7, 11) is -3.38. The number of nitrogens with one attached hydrogen (secondary N) is 1. The number of hydrogen-bond acceptors (Lipinski definition) is 3. The molecule has 0 atom stereocenters. The van der Waals surface area contributed by atoms with Crippen LogP contribution >= 0.6 is 0 Å². The Kier molecular flexibility index (Phi) is 5.15. The second-order valence-corrected chi connectivity index (χ2v) is 6.62. The molecule has 94 valence electrons. The highest BCUT2D eigenvalue weighted by Crippen LogP contribution is 2.01. The van der Waals surface area contributed by atoms with Gasteiger partial charge < -0.3 is 5.32 Å². The van der Waals surface area contributed by atoms with Crippen LogP contribution in [0.2, 0.25) is 0 Å². The fraction of sp³-hybridized carbons (Fsp3) is 0.700. The van der Waals surface area contributed by atoms with E-state index in [9.17, 15) is 13.2 Å². The summed E-state index contributed by atoms with van der Waals surface area (Å²) in [6, 6.07) is 0. The van der Waals surface area contributed by atoms with Crippen LogP contribution in [0.15, 0.2) is 12.7 Å². The number of hydrogen-bond donors (Lipinski definition) is 1. The van der Waals surface area contributed by atoms with Crippen molar-refractivity contribution in [1.29, 1.82) is 0 Å². The molecule has 0 radical (unpaired) electrons. The van der Waals surface area contributed by atoms with Gasteiger partial charge in [0.2, 0.25) is 15.9 Å². The lowest BCUT2D eigenvalue weighted by atomic mass is 10.1. The van der Waals surface area contributed by atoms with Crippen LogP contribution in [0.25, 0.3) is 0 Å². The van der Waals surface area contributed by atoms with Gasteiger partial charge in [-0.15, -0.1) is 6.58 Å². The predicted octanol–water partition coefficient (Wildman–Crippen LogP) is 0.349. The van der Waals surface area contributed by atoms with Crippen molar-refractivity contribution in [3.05, 3.63) is 12.7 Å². The van der Waals surface area contributed by atoms with E-state index in [2.05, 4.69) is 11.9 Å². The summed E-state index contributed by atoms with van der Waals surface area (Å²) in [4.78, 5) is 11.5. The van der Waals surface area contributed by atoms with Gasteiger partial charge in [0.1, 0.15) is 0 Å². The maximum absolute atomic E-state index is 11.5. The van der Waals surface area contributed by atoms with Crippen molar-refractivity contribution in [3.63, 3.8) is 0 Å². The van der Waals surface area contributed by atoms with Crippen LogP contribution in [0.4, 0.5) is 0 Å². The molecule has 5 nitrogen and oxygen atoms in total. The summed E-state index contributed by atoms with van der Waals surface area (Å²) < 4.78 is 23.7. The van der Waals surface area contributed by atoms with Gasteiger partial charge in [0.25, 0.3) is 0 Å². The first kappa shape index (κ1) is 15.1. The van der Waals surface area contributed by atoms with Crippen molar-refractivity contribution in [1.82, 2.24) is 9.62 Å². The molecule has 0 saturated carbocycles. The summed E-state index contributed by atoms with van der Waals surface area (Å²) in [6.07, 6.45) is 2.52. The quantitative estimate of drug-likeness (QED) is 0.714. The zero-order chi connectivity index (χ0) is 13.0. The highest BCUT2D eigenvalue weighted by atomic mass is 32.2. The van der Waals surface area contributed by atoms with Gasteiger partial charge in [-0.05, 0) is 20.8 Å². The van der Waals surface area contributed by atoms with E-state index in [0.717, 1.165) is 10.6 Å². The summed E-state index contributed by atoms with van der Waals surface area (Å²) in [5.41, 5.74) is -0.367. The van der Waals surface area contributed by atoms with Crippen molar-refractivity contribution in [2.45, 2.75) is 26.3 Å². The molecular weight excluding hydrogens is 228 g/mol. The van der Waals surface area contributed by atoms with E-state index in [-0.39, 0.29) is 24.5 Å². The molecule has 0 aromatic heterocycles. The van der Waals surface area contributed by atoms with Gasteiger partial charge in [0.05, 0.1) is 12.8 Å². The number of amides is 1. The van der Waals surface area contributed by atoms with Crippen LogP contribution in [0.5, 0.6) is 0 Å². The molecule has 0 bridgehead atoms. The molecule has 16 heavy (non-hydrogen) atoms. The van der Waals surface area contributed by atoms with Crippen LogP contribution < -0.4 is 5.32 Å². The normalized spacial score (nSPS) is 12.6. The van der Waals surface area contributed by atoms with Crippen LogP contribution in [-0.2, 0) is 14.8 Å². The van der Waals surface area contributed by atoms with E-state index in [4.69, 9.17) is 0 Å². The Labute approximate surface area is 97.6 Å². The lowest BCUT2D eigenvalue weighted by molar-refractivity contribution is -0.122. The summed E-state index contributed by atoms with van der Waals surface area (Å²) in [5, 5.41) is 2.70. The number of rotatable bonds is 5. The van der Waals surface area contributed by atoms with E-state index in [0.29, 0.717) is 0 Å². The second kappa shape index (κ2) is 5.45. The van der Waals surface area contributed by atoms with Crippen LogP contribution in [0.1, 0.15) is 20.8 Å². The molecular formula is C10H20N2O3S. The van der Waals surface area contributed by atoms with Crippen molar-refractivity contribution in [2.75, 3.05) is 19.3 Å². The van der Waals surface area contributed by atoms with Gasteiger partial charge in [0, 0.05) is 12.1 Å². The van der Waals surface area contributed by atoms with E-state index in [1.807, 2.05) is 20.8 Å². The van der Waals surface area contributed by atoms with Gasteiger partial charge in [-0.1, -0.05) is 6.08 Å². The van der Waals surface area contributed by atoms with Crippen molar-refractivity contribution in [3.8, 4) is 0 Å². The zero-order valence-corrected chi connectivity index (χ0v) is 11.1. The van der Waals surface area contributed by atoms with Gasteiger partial charge in [-0.2, -0.15) is 4.31 Å². The van der Waals surface area contributed by atoms with Crippen LogP contribution in [0, 0.1) is 0 Å². The second-order valence-electron chi connectivity index (χ2n) is 4.64. The first-order chi connectivity index (χ1) is 7.06. The summed E-state index contributed by atoms with van der Waals surface area (Å²) in [6.45, 7) is 8.92. The Hall–Kier alpha value is -0.880. The van der Waals surface area contributed by atoms with Crippen LogP contribution in [-0.4, -0.2) is 43.5 Å². The molecule has 1 N–H and O–H groups in total. The van der Waals surface area contributed by atoms with Gasteiger partial charge >= 0.3 is 0 Å². The molecule has 0 aliphatic heterocycles. The third-order valence-electron chi connectivity index (χ3n) is 1.64. The molecule has 0 rings (SSSR count). The number of sulfonamides is 1. The molecule has 0 spiro atoms. The summed E-state index contributed by atoms with van der Waals surface area (Å²) in [5.74, 6) is -0.320. The summed E-state index contributed by atoms with van der Waals surface area (Å²) >= 11 is 0. The maximum Gasteiger partial charge on any atom is 0.235 e. The fourth-order valence-corrected chi connectivity index (χ4v) is 1.81. The molecule has 0 aromatic carbocycles. The molecule has 0 aliphatic rings. The van der Waals surface area contributed by atoms with Crippen LogP contribution in [0.3, 0.4) is 0 Å². The highest BCUT2D eigenvalue weighted by molar-refractivity contribution is 7.88. The van der Waals surface area contributed by atoms with Crippen molar-refractivity contribution >= 4 is 15.9 Å². The molecule has 0 saturated heterocycles. The first-order valence-corrected chi connectivity index (χ1v) is 6.78. The number of carbonyl (C=O) groups excluding carboxylic acids is 1. The van der Waals surface area contributed by atoms with Gasteiger partial charge in [-0.25, -0.2) is 8.42 Å². The molecule has 0 aromatic rings. The van der Waals surface area contributed by atoms with E-state index in [1.54, 1.807) is 0 Å². The largest absolute Gasteiger partial charge is 0.350 e. The average molecular weight is 248 g/mol. The highest BCUT2D eigenvalue weighted by Gasteiger charge is 2.21. The van der Waals surface area contributed by atoms with E-state index < -0.39 is 10.0 Å². The minimum absolute atomic E-state index is 0.135. The number of carbonyl (C=O) groups is 1. The molecule has 0 aliphatic carbocycles.